The van der Waals surface area contributed by atoms with E-state index in [1.165, 1.54) is 16.6 Å². The van der Waals surface area contributed by atoms with Crippen molar-refractivity contribution in [3.8, 4) is 0 Å². The number of aliphatic hydroxyl groups is 1. The third-order valence-electron chi connectivity index (χ3n) is 2.31. The van der Waals surface area contributed by atoms with Crippen LogP contribution in [0.3, 0.4) is 0 Å². The molecule has 0 amide bonds. The van der Waals surface area contributed by atoms with E-state index in [1.807, 2.05) is 0 Å². The van der Waals surface area contributed by atoms with Crippen molar-refractivity contribution >= 4 is 37.6 Å². The zero-order valence-electron chi connectivity index (χ0n) is 10.9. The lowest BCUT2D eigenvalue weighted by Gasteiger charge is -2.27. The van der Waals surface area contributed by atoms with E-state index in [2.05, 4.69) is 20.9 Å². The number of halogens is 2. The minimum absolute atomic E-state index is 0.0192. The Morgan fingerprint density at radius 2 is 2.11 bits per heavy atom. The molecule has 0 aliphatic rings. The highest BCUT2D eigenvalue weighted by Crippen LogP contribution is 2.26. The molecule has 0 aliphatic heterocycles. The number of rotatable bonds is 5. The van der Waals surface area contributed by atoms with E-state index in [0.29, 0.717) is 4.47 Å². The van der Waals surface area contributed by atoms with E-state index in [-0.39, 0.29) is 23.1 Å². The highest BCUT2D eigenvalue weighted by molar-refractivity contribution is 9.10. The monoisotopic (exact) mass is 370 g/mol. The quantitative estimate of drug-likeness (QED) is 0.806. The van der Waals surface area contributed by atoms with Crippen molar-refractivity contribution in [2.24, 2.45) is 0 Å². The van der Waals surface area contributed by atoms with Gasteiger partial charge in [-0.1, -0.05) is 18.5 Å². The molecule has 0 aromatic carbocycles. The smallest absolute Gasteiger partial charge is 0.246 e. The van der Waals surface area contributed by atoms with Crippen LogP contribution in [0.2, 0.25) is 5.15 Å². The van der Waals surface area contributed by atoms with Crippen LogP contribution in [0.15, 0.2) is 21.6 Å². The van der Waals surface area contributed by atoms with Crippen LogP contribution >= 0.6 is 27.5 Å². The molecule has 1 aromatic rings. The first-order valence-electron chi connectivity index (χ1n) is 5.61. The van der Waals surface area contributed by atoms with Crippen LogP contribution < -0.4 is 0 Å². The van der Waals surface area contributed by atoms with Gasteiger partial charge in [0.05, 0.1) is 5.60 Å². The molecular formula is C11H16BrClN2O3S. The molecular weight excluding hydrogens is 356 g/mol. The third-order valence-corrected chi connectivity index (χ3v) is 5.09. The number of hydrogen-bond acceptors (Lipinski definition) is 4. The number of sulfonamides is 1. The second-order valence-corrected chi connectivity index (χ2v) is 7.87. The van der Waals surface area contributed by atoms with Gasteiger partial charge in [-0.2, -0.15) is 4.31 Å². The summed E-state index contributed by atoms with van der Waals surface area (Å²) < 4.78 is 26.7. The van der Waals surface area contributed by atoms with Crippen molar-refractivity contribution < 1.29 is 13.5 Å². The molecule has 0 saturated carbocycles. The average Bonchev–Trinajstić information content (AvgIpc) is 2.27. The Balaban J connectivity index is 3.25. The van der Waals surface area contributed by atoms with E-state index >= 15 is 0 Å². The molecule has 8 heteroatoms. The molecule has 0 atom stereocenters. The van der Waals surface area contributed by atoms with Gasteiger partial charge in [0.15, 0.2) is 0 Å². The summed E-state index contributed by atoms with van der Waals surface area (Å²) in [5.41, 5.74) is -1.13. The van der Waals surface area contributed by atoms with Crippen molar-refractivity contribution in [1.29, 1.82) is 0 Å². The Labute approximate surface area is 126 Å². The highest BCUT2D eigenvalue weighted by Gasteiger charge is 2.30. The maximum absolute atomic E-state index is 12.5. The lowest BCUT2D eigenvalue weighted by atomic mass is 10.1. The summed E-state index contributed by atoms with van der Waals surface area (Å²) in [6.45, 7) is 5.00. The van der Waals surface area contributed by atoms with Crippen molar-refractivity contribution in [3.05, 3.63) is 21.9 Å². The molecule has 0 saturated heterocycles. The molecule has 0 spiro atoms. The minimum atomic E-state index is -3.79. The van der Waals surface area contributed by atoms with Crippen LogP contribution in [0.25, 0.3) is 0 Å². The Hall–Kier alpha value is -0.210. The van der Waals surface area contributed by atoms with Gasteiger partial charge in [0.1, 0.15) is 10.0 Å². The fraction of sp³-hybridized carbons (Fsp3) is 0.545. The molecule has 0 bridgehead atoms. The fourth-order valence-corrected chi connectivity index (χ4v) is 4.05. The first kappa shape index (κ1) is 16.8. The maximum Gasteiger partial charge on any atom is 0.246 e. The zero-order valence-corrected chi connectivity index (χ0v) is 14.0. The lowest BCUT2D eigenvalue weighted by Crippen LogP contribution is -2.42. The van der Waals surface area contributed by atoms with Gasteiger partial charge in [0.2, 0.25) is 10.0 Å². The maximum atomic E-state index is 12.5. The second kappa shape index (κ2) is 6.05. The summed E-state index contributed by atoms with van der Waals surface area (Å²) >= 11 is 9.02. The van der Waals surface area contributed by atoms with Gasteiger partial charge >= 0.3 is 0 Å². The third kappa shape index (κ3) is 4.39. The van der Waals surface area contributed by atoms with E-state index in [4.69, 9.17) is 11.6 Å². The molecule has 19 heavy (non-hydrogen) atoms. The Morgan fingerprint density at radius 1 is 1.53 bits per heavy atom. The zero-order chi connectivity index (χ0) is 14.8. The van der Waals surface area contributed by atoms with Gasteiger partial charge in [-0.15, -0.1) is 0 Å². The predicted octanol–water partition coefficient (Wildman–Crippen LogP) is 2.28. The molecule has 0 fully saturated rings. The van der Waals surface area contributed by atoms with E-state index < -0.39 is 15.6 Å². The topological polar surface area (TPSA) is 70.5 Å². The largest absolute Gasteiger partial charge is 0.389 e. The average molecular weight is 372 g/mol. The minimum Gasteiger partial charge on any atom is -0.389 e. The predicted molar refractivity (Wildman–Crippen MR) is 77.7 cm³/mol. The molecule has 1 heterocycles. The summed E-state index contributed by atoms with van der Waals surface area (Å²) in [7, 11) is -3.79. The van der Waals surface area contributed by atoms with Crippen molar-refractivity contribution in [2.45, 2.75) is 31.3 Å². The Kier molecular flexibility index (Phi) is 5.36. The first-order chi connectivity index (χ1) is 8.58. The molecule has 5 nitrogen and oxygen atoms in total. The second-order valence-electron chi connectivity index (χ2n) is 4.69. The first-order valence-corrected chi connectivity index (χ1v) is 8.22. The summed E-state index contributed by atoms with van der Waals surface area (Å²) in [5, 5.41) is 9.70. The molecule has 108 valence electrons. The standard InChI is InChI=1S/C11H16BrClN2O3S/c1-4-15(7-11(2,3)16)19(17,18)9-5-8(12)6-14-10(9)13/h5-6,16H,4,7H2,1-3H3. The van der Waals surface area contributed by atoms with Crippen molar-refractivity contribution in [2.75, 3.05) is 13.1 Å². The van der Waals surface area contributed by atoms with Crippen LogP contribution in [0, 0.1) is 0 Å². The number of hydrogen-bond donors (Lipinski definition) is 1. The lowest BCUT2D eigenvalue weighted by molar-refractivity contribution is 0.0601. The molecule has 1 N–H and O–H groups in total. The van der Waals surface area contributed by atoms with Gasteiger partial charge in [-0.3, -0.25) is 0 Å². The van der Waals surface area contributed by atoms with Crippen LogP contribution in [0.5, 0.6) is 0 Å². The molecule has 1 rings (SSSR count). The molecule has 0 radical (unpaired) electrons. The number of pyridine rings is 1. The molecule has 1 aromatic heterocycles. The van der Waals surface area contributed by atoms with Crippen LogP contribution in [0.4, 0.5) is 0 Å². The number of nitrogens with zero attached hydrogens (tertiary/aromatic N) is 2. The Morgan fingerprint density at radius 3 is 2.58 bits per heavy atom. The van der Waals surface area contributed by atoms with Gasteiger partial charge in [0, 0.05) is 23.8 Å². The summed E-state index contributed by atoms with van der Waals surface area (Å²) in [6.07, 6.45) is 1.42. The molecule has 0 unspecified atom stereocenters. The van der Waals surface area contributed by atoms with Crippen LogP contribution in [-0.2, 0) is 10.0 Å². The number of aromatic nitrogens is 1. The van der Waals surface area contributed by atoms with Crippen LogP contribution in [0.1, 0.15) is 20.8 Å². The van der Waals surface area contributed by atoms with Crippen molar-refractivity contribution in [3.63, 3.8) is 0 Å². The van der Waals surface area contributed by atoms with Gasteiger partial charge in [0.25, 0.3) is 0 Å². The number of likely N-dealkylation sites (N-methyl/N-ethyl adjacent to an activating group) is 1. The van der Waals surface area contributed by atoms with Gasteiger partial charge in [-0.05, 0) is 35.8 Å². The highest BCUT2D eigenvalue weighted by atomic mass is 79.9. The summed E-state index contributed by atoms with van der Waals surface area (Å²) in [5.74, 6) is 0. The van der Waals surface area contributed by atoms with Gasteiger partial charge in [-0.25, -0.2) is 13.4 Å². The van der Waals surface area contributed by atoms with Crippen LogP contribution in [-0.4, -0.2) is 41.5 Å². The SMILES string of the molecule is CCN(CC(C)(C)O)S(=O)(=O)c1cc(Br)cnc1Cl. The van der Waals surface area contributed by atoms with E-state index in [9.17, 15) is 13.5 Å². The summed E-state index contributed by atoms with van der Waals surface area (Å²) in [4.78, 5) is 3.73. The van der Waals surface area contributed by atoms with Gasteiger partial charge < -0.3 is 5.11 Å². The van der Waals surface area contributed by atoms with Crippen molar-refractivity contribution in [1.82, 2.24) is 9.29 Å². The normalized spacial score (nSPS) is 13.0. The summed E-state index contributed by atoms with van der Waals surface area (Å²) in [6, 6.07) is 1.40. The van der Waals surface area contributed by atoms with E-state index in [1.54, 1.807) is 20.8 Å². The van der Waals surface area contributed by atoms with E-state index in [0.717, 1.165) is 0 Å². The fourth-order valence-electron chi connectivity index (χ4n) is 1.52. The molecule has 0 aliphatic carbocycles. The Bertz CT molecular complexity index is 558.